The fourth-order valence-electron chi connectivity index (χ4n) is 1.33. The highest BCUT2D eigenvalue weighted by Gasteiger charge is 1.99. The van der Waals surface area contributed by atoms with E-state index < -0.39 is 0 Å². The van der Waals surface area contributed by atoms with Crippen molar-refractivity contribution >= 4 is 0 Å². The Balaban J connectivity index is 2.33. The molecular formula is C12H13N3. The van der Waals surface area contributed by atoms with Crippen LogP contribution in [0.3, 0.4) is 0 Å². The summed E-state index contributed by atoms with van der Waals surface area (Å²) in [6.45, 7) is 2.54. The lowest BCUT2D eigenvalue weighted by atomic mass is 10.1. The summed E-state index contributed by atoms with van der Waals surface area (Å²) in [6.07, 6.45) is 3.64. The smallest absolute Gasteiger partial charge is 0.159 e. The van der Waals surface area contributed by atoms with E-state index in [4.69, 9.17) is 5.73 Å². The van der Waals surface area contributed by atoms with Crippen LogP contribution in [0.25, 0.3) is 11.4 Å². The van der Waals surface area contributed by atoms with Crippen LogP contribution in [-0.2, 0) is 6.54 Å². The van der Waals surface area contributed by atoms with E-state index in [0.717, 1.165) is 22.5 Å². The number of hydrogen-bond acceptors (Lipinski definition) is 3. The van der Waals surface area contributed by atoms with Crippen molar-refractivity contribution in [2.24, 2.45) is 5.73 Å². The molecule has 0 fully saturated rings. The standard InChI is InChI=1S/C12H13N3/c1-9-7-14-12(15-8-9)11-4-2-10(6-13)3-5-11/h2-5,7-8H,6,13H2,1H3. The predicted octanol–water partition coefficient (Wildman–Crippen LogP) is 1.91. The number of aromatic nitrogens is 2. The molecule has 1 heterocycles. The van der Waals surface area contributed by atoms with Crippen molar-refractivity contribution < 1.29 is 0 Å². The lowest BCUT2D eigenvalue weighted by Crippen LogP contribution is -1.96. The zero-order valence-electron chi connectivity index (χ0n) is 8.64. The summed E-state index contributed by atoms with van der Waals surface area (Å²) in [6, 6.07) is 7.98. The van der Waals surface area contributed by atoms with Crippen molar-refractivity contribution in [2.75, 3.05) is 0 Å². The summed E-state index contributed by atoms with van der Waals surface area (Å²) in [5, 5.41) is 0. The van der Waals surface area contributed by atoms with Crippen molar-refractivity contribution in [1.29, 1.82) is 0 Å². The summed E-state index contributed by atoms with van der Waals surface area (Å²) in [7, 11) is 0. The fourth-order valence-corrected chi connectivity index (χ4v) is 1.33. The van der Waals surface area contributed by atoms with E-state index >= 15 is 0 Å². The maximum atomic E-state index is 5.53. The second kappa shape index (κ2) is 4.19. The van der Waals surface area contributed by atoms with Crippen molar-refractivity contribution in [1.82, 2.24) is 9.97 Å². The topological polar surface area (TPSA) is 51.8 Å². The van der Waals surface area contributed by atoms with E-state index in [1.807, 2.05) is 43.6 Å². The molecule has 0 radical (unpaired) electrons. The summed E-state index contributed by atoms with van der Waals surface area (Å²) in [5.74, 6) is 0.754. The molecule has 0 aliphatic carbocycles. The Labute approximate surface area is 89.0 Å². The van der Waals surface area contributed by atoms with E-state index in [9.17, 15) is 0 Å². The Morgan fingerprint density at radius 1 is 1.07 bits per heavy atom. The molecule has 2 aromatic rings. The quantitative estimate of drug-likeness (QED) is 0.803. The van der Waals surface area contributed by atoms with Gasteiger partial charge in [0.1, 0.15) is 0 Å². The van der Waals surface area contributed by atoms with Gasteiger partial charge in [-0.15, -0.1) is 0 Å². The molecule has 1 aromatic heterocycles. The van der Waals surface area contributed by atoms with E-state index in [-0.39, 0.29) is 0 Å². The largest absolute Gasteiger partial charge is 0.326 e. The first-order chi connectivity index (χ1) is 7.29. The van der Waals surface area contributed by atoms with Gasteiger partial charge in [0.2, 0.25) is 0 Å². The van der Waals surface area contributed by atoms with Gasteiger partial charge in [-0.05, 0) is 18.1 Å². The normalized spacial score (nSPS) is 10.3. The minimum absolute atomic E-state index is 0.565. The zero-order chi connectivity index (χ0) is 10.7. The molecule has 0 aliphatic heterocycles. The highest BCUT2D eigenvalue weighted by atomic mass is 14.9. The molecule has 0 unspecified atom stereocenters. The van der Waals surface area contributed by atoms with Gasteiger partial charge in [-0.2, -0.15) is 0 Å². The van der Waals surface area contributed by atoms with E-state index in [1.54, 1.807) is 0 Å². The third-order valence-electron chi connectivity index (χ3n) is 2.23. The minimum Gasteiger partial charge on any atom is -0.326 e. The van der Waals surface area contributed by atoms with Gasteiger partial charge in [0.25, 0.3) is 0 Å². The Hall–Kier alpha value is -1.74. The molecule has 3 heteroatoms. The van der Waals surface area contributed by atoms with Gasteiger partial charge in [-0.3, -0.25) is 0 Å². The number of hydrogen-bond donors (Lipinski definition) is 1. The Kier molecular flexibility index (Phi) is 2.74. The molecule has 76 valence electrons. The van der Waals surface area contributed by atoms with E-state index in [2.05, 4.69) is 9.97 Å². The van der Waals surface area contributed by atoms with Crippen molar-refractivity contribution in [3.05, 3.63) is 47.8 Å². The van der Waals surface area contributed by atoms with Crippen LogP contribution < -0.4 is 5.73 Å². The lowest BCUT2D eigenvalue weighted by molar-refractivity contribution is 1.07. The van der Waals surface area contributed by atoms with Gasteiger partial charge in [0, 0.05) is 24.5 Å². The molecule has 15 heavy (non-hydrogen) atoms. The Morgan fingerprint density at radius 3 is 2.20 bits per heavy atom. The third kappa shape index (κ3) is 2.19. The van der Waals surface area contributed by atoms with Crippen LogP contribution in [0.2, 0.25) is 0 Å². The van der Waals surface area contributed by atoms with Gasteiger partial charge >= 0.3 is 0 Å². The molecule has 0 bridgehead atoms. The molecule has 0 saturated carbocycles. The molecular weight excluding hydrogens is 186 g/mol. The first-order valence-electron chi connectivity index (χ1n) is 4.87. The van der Waals surface area contributed by atoms with Crippen LogP contribution in [0, 0.1) is 6.92 Å². The Morgan fingerprint density at radius 2 is 1.67 bits per heavy atom. The maximum Gasteiger partial charge on any atom is 0.159 e. The van der Waals surface area contributed by atoms with Crippen LogP contribution in [-0.4, -0.2) is 9.97 Å². The highest BCUT2D eigenvalue weighted by Crippen LogP contribution is 2.14. The third-order valence-corrected chi connectivity index (χ3v) is 2.23. The van der Waals surface area contributed by atoms with E-state index in [1.165, 1.54) is 0 Å². The molecule has 0 amide bonds. The molecule has 2 rings (SSSR count). The summed E-state index contributed by atoms with van der Waals surface area (Å²) < 4.78 is 0. The minimum atomic E-state index is 0.565. The second-order valence-corrected chi connectivity index (χ2v) is 3.49. The highest BCUT2D eigenvalue weighted by molar-refractivity contribution is 5.54. The van der Waals surface area contributed by atoms with Crippen molar-refractivity contribution in [2.45, 2.75) is 13.5 Å². The lowest BCUT2D eigenvalue weighted by Gasteiger charge is -2.01. The maximum absolute atomic E-state index is 5.53. The molecule has 0 saturated heterocycles. The van der Waals surface area contributed by atoms with Crippen LogP contribution in [0.5, 0.6) is 0 Å². The average Bonchev–Trinajstić information content (AvgIpc) is 2.30. The fraction of sp³-hybridized carbons (Fsp3) is 0.167. The Bertz CT molecular complexity index is 431. The predicted molar refractivity (Wildman–Crippen MR) is 60.1 cm³/mol. The monoisotopic (exact) mass is 199 g/mol. The van der Waals surface area contributed by atoms with Crippen LogP contribution >= 0.6 is 0 Å². The van der Waals surface area contributed by atoms with Crippen LogP contribution in [0.15, 0.2) is 36.7 Å². The SMILES string of the molecule is Cc1cnc(-c2ccc(CN)cc2)nc1. The number of nitrogens with zero attached hydrogens (tertiary/aromatic N) is 2. The van der Waals surface area contributed by atoms with Crippen molar-refractivity contribution in [3.63, 3.8) is 0 Å². The first kappa shape index (κ1) is 9.80. The summed E-state index contributed by atoms with van der Waals surface area (Å²) in [4.78, 5) is 8.52. The first-order valence-corrected chi connectivity index (χ1v) is 4.87. The summed E-state index contributed by atoms with van der Waals surface area (Å²) in [5.41, 5.74) is 8.73. The van der Waals surface area contributed by atoms with Crippen molar-refractivity contribution in [3.8, 4) is 11.4 Å². The number of nitrogens with two attached hydrogens (primary N) is 1. The number of rotatable bonds is 2. The molecule has 1 aromatic carbocycles. The number of aryl methyl sites for hydroxylation is 1. The molecule has 3 nitrogen and oxygen atoms in total. The van der Waals surface area contributed by atoms with Gasteiger partial charge < -0.3 is 5.73 Å². The zero-order valence-corrected chi connectivity index (χ0v) is 8.64. The van der Waals surface area contributed by atoms with Crippen LogP contribution in [0.4, 0.5) is 0 Å². The van der Waals surface area contributed by atoms with Gasteiger partial charge in [-0.1, -0.05) is 24.3 Å². The molecule has 2 N–H and O–H groups in total. The van der Waals surface area contributed by atoms with Gasteiger partial charge in [0.15, 0.2) is 5.82 Å². The van der Waals surface area contributed by atoms with E-state index in [0.29, 0.717) is 6.54 Å². The molecule has 0 spiro atoms. The second-order valence-electron chi connectivity index (χ2n) is 3.49. The van der Waals surface area contributed by atoms with Gasteiger partial charge in [-0.25, -0.2) is 9.97 Å². The number of benzene rings is 1. The summed E-state index contributed by atoms with van der Waals surface area (Å²) >= 11 is 0. The van der Waals surface area contributed by atoms with Gasteiger partial charge in [0.05, 0.1) is 0 Å². The molecule has 0 atom stereocenters. The molecule has 0 aliphatic rings. The average molecular weight is 199 g/mol. The van der Waals surface area contributed by atoms with Crippen LogP contribution in [0.1, 0.15) is 11.1 Å².